The van der Waals surface area contributed by atoms with Crippen molar-refractivity contribution < 1.29 is 19.1 Å². The predicted octanol–water partition coefficient (Wildman–Crippen LogP) is 1.17. The molecule has 1 heterocycles. The summed E-state index contributed by atoms with van der Waals surface area (Å²) in [5, 5.41) is 4.26. The summed E-state index contributed by atoms with van der Waals surface area (Å²) >= 11 is 0. The summed E-state index contributed by atoms with van der Waals surface area (Å²) in [4.78, 5) is 34.9. The van der Waals surface area contributed by atoms with Crippen LogP contribution in [-0.2, 0) is 9.59 Å². The Morgan fingerprint density at radius 1 is 1.10 bits per heavy atom. The smallest absolute Gasteiger partial charge is 0.328 e. The molecule has 2 N–H and O–H groups in total. The van der Waals surface area contributed by atoms with E-state index < -0.39 is 23.8 Å². The predicted molar refractivity (Wildman–Crippen MR) is 71.2 cm³/mol. The lowest BCUT2D eigenvalue weighted by Crippen LogP contribution is -2.57. The quantitative estimate of drug-likeness (QED) is 0.808. The Morgan fingerprint density at radius 3 is 2.10 bits per heavy atom. The van der Waals surface area contributed by atoms with Gasteiger partial charge in [-0.1, -0.05) is 19.1 Å². The van der Waals surface area contributed by atoms with Gasteiger partial charge in [-0.05, 0) is 24.1 Å². The van der Waals surface area contributed by atoms with Crippen LogP contribution in [0.3, 0.4) is 0 Å². The molecule has 1 aliphatic rings. The number of amides is 4. The number of benzene rings is 1. The summed E-state index contributed by atoms with van der Waals surface area (Å²) in [6.45, 7) is 1.89. The Bertz CT molecular complexity index is 519. The monoisotopic (exact) mass is 276 g/mol. The van der Waals surface area contributed by atoms with Crippen molar-refractivity contribution in [2.75, 3.05) is 7.11 Å². The maximum atomic E-state index is 11.9. The van der Waals surface area contributed by atoms with Crippen LogP contribution in [0.2, 0.25) is 0 Å². The average Bonchev–Trinajstić information content (AvgIpc) is 2.43. The zero-order chi connectivity index (χ0) is 14.7. The van der Waals surface area contributed by atoms with Gasteiger partial charge in [-0.25, -0.2) is 4.79 Å². The summed E-state index contributed by atoms with van der Waals surface area (Å²) < 4.78 is 5.08. The molecule has 1 saturated heterocycles. The molecule has 1 aliphatic heterocycles. The second-order valence-electron chi connectivity index (χ2n) is 4.57. The van der Waals surface area contributed by atoms with Crippen molar-refractivity contribution in [1.82, 2.24) is 10.6 Å². The van der Waals surface area contributed by atoms with Crippen LogP contribution in [0, 0.1) is 5.92 Å². The zero-order valence-corrected chi connectivity index (χ0v) is 11.3. The van der Waals surface area contributed by atoms with Gasteiger partial charge in [-0.15, -0.1) is 0 Å². The third kappa shape index (κ3) is 2.64. The molecule has 6 heteroatoms. The number of carbonyl (C=O) groups excluding carboxylic acids is 3. The lowest BCUT2D eigenvalue weighted by atomic mass is 9.82. The number of carbonyl (C=O) groups is 3. The van der Waals surface area contributed by atoms with Crippen LogP contribution in [0.4, 0.5) is 4.79 Å². The summed E-state index contributed by atoms with van der Waals surface area (Å²) in [5.41, 5.74) is 0.859. The fourth-order valence-electron chi connectivity index (χ4n) is 2.41. The number of hydrogen-bond donors (Lipinski definition) is 2. The van der Waals surface area contributed by atoms with Crippen LogP contribution in [0.5, 0.6) is 5.75 Å². The number of urea groups is 1. The molecular weight excluding hydrogens is 260 g/mol. The van der Waals surface area contributed by atoms with Gasteiger partial charge in [0.25, 0.3) is 0 Å². The first-order chi connectivity index (χ1) is 9.56. The molecule has 106 valence electrons. The van der Waals surface area contributed by atoms with Crippen LogP contribution in [0.1, 0.15) is 24.8 Å². The summed E-state index contributed by atoms with van der Waals surface area (Å²) in [7, 11) is 1.57. The van der Waals surface area contributed by atoms with Gasteiger partial charge in [0, 0.05) is 5.92 Å². The lowest BCUT2D eigenvalue weighted by molar-refractivity contribution is -0.136. The van der Waals surface area contributed by atoms with Crippen molar-refractivity contribution in [3.05, 3.63) is 29.8 Å². The van der Waals surface area contributed by atoms with E-state index in [1.165, 1.54) is 0 Å². The second kappa shape index (κ2) is 5.73. The van der Waals surface area contributed by atoms with Crippen LogP contribution >= 0.6 is 0 Å². The number of imide groups is 2. The SMILES string of the molecule is CCC(c1ccc(OC)cc1)C1C(=O)NC(=O)NC1=O. The molecule has 1 atom stereocenters. The molecule has 4 amide bonds. The van der Waals surface area contributed by atoms with Gasteiger partial charge < -0.3 is 4.74 Å². The van der Waals surface area contributed by atoms with Gasteiger partial charge in [0.2, 0.25) is 11.8 Å². The third-order valence-corrected chi connectivity index (χ3v) is 3.42. The summed E-state index contributed by atoms with van der Waals surface area (Å²) in [6, 6.07) is 6.44. The van der Waals surface area contributed by atoms with E-state index in [0.29, 0.717) is 12.2 Å². The summed E-state index contributed by atoms with van der Waals surface area (Å²) in [5.74, 6) is -1.58. The van der Waals surface area contributed by atoms with E-state index in [2.05, 4.69) is 10.6 Å². The van der Waals surface area contributed by atoms with Crippen molar-refractivity contribution >= 4 is 17.8 Å². The highest BCUT2D eigenvalue weighted by molar-refractivity contribution is 6.16. The molecule has 20 heavy (non-hydrogen) atoms. The lowest BCUT2D eigenvalue weighted by Gasteiger charge is -2.27. The second-order valence-corrected chi connectivity index (χ2v) is 4.57. The van der Waals surface area contributed by atoms with Crippen molar-refractivity contribution in [2.45, 2.75) is 19.3 Å². The molecule has 0 bridgehead atoms. The van der Waals surface area contributed by atoms with Gasteiger partial charge in [-0.3, -0.25) is 20.2 Å². The van der Waals surface area contributed by atoms with E-state index in [1.807, 2.05) is 19.1 Å². The molecule has 1 aromatic carbocycles. The number of ether oxygens (including phenoxy) is 1. The molecule has 0 spiro atoms. The van der Waals surface area contributed by atoms with Crippen molar-refractivity contribution in [3.63, 3.8) is 0 Å². The first-order valence-corrected chi connectivity index (χ1v) is 6.36. The van der Waals surface area contributed by atoms with Gasteiger partial charge in [0.05, 0.1) is 7.11 Å². The molecule has 0 aliphatic carbocycles. The number of rotatable bonds is 4. The van der Waals surface area contributed by atoms with E-state index in [4.69, 9.17) is 4.74 Å². The molecule has 2 rings (SSSR count). The average molecular weight is 276 g/mol. The minimum atomic E-state index is -0.897. The molecule has 1 unspecified atom stereocenters. The van der Waals surface area contributed by atoms with Crippen molar-refractivity contribution in [3.8, 4) is 5.75 Å². The van der Waals surface area contributed by atoms with Crippen LogP contribution < -0.4 is 15.4 Å². The summed E-state index contributed by atoms with van der Waals surface area (Å²) in [6.07, 6.45) is 0.603. The molecule has 6 nitrogen and oxygen atoms in total. The van der Waals surface area contributed by atoms with Gasteiger partial charge in [0.15, 0.2) is 0 Å². The number of barbiturate groups is 1. The maximum absolute atomic E-state index is 11.9. The molecular formula is C14H16N2O4. The van der Waals surface area contributed by atoms with Crippen LogP contribution in [0.15, 0.2) is 24.3 Å². The Hall–Kier alpha value is -2.37. The maximum Gasteiger partial charge on any atom is 0.328 e. The van der Waals surface area contributed by atoms with Gasteiger partial charge >= 0.3 is 6.03 Å². The highest BCUT2D eigenvalue weighted by atomic mass is 16.5. The normalized spacial score (nSPS) is 17.4. The number of hydrogen-bond acceptors (Lipinski definition) is 4. The van der Waals surface area contributed by atoms with Crippen molar-refractivity contribution in [2.24, 2.45) is 5.92 Å². The van der Waals surface area contributed by atoms with Gasteiger partial charge in [0.1, 0.15) is 11.7 Å². The molecule has 0 saturated carbocycles. The van der Waals surface area contributed by atoms with E-state index >= 15 is 0 Å². The minimum absolute atomic E-state index is 0.283. The highest BCUT2D eigenvalue weighted by Crippen LogP contribution is 2.30. The fraction of sp³-hybridized carbons (Fsp3) is 0.357. The Balaban J connectivity index is 2.28. The van der Waals surface area contributed by atoms with Crippen LogP contribution in [0.25, 0.3) is 0 Å². The first-order valence-electron chi connectivity index (χ1n) is 6.36. The molecule has 1 fully saturated rings. The molecule has 1 aromatic rings. The first kappa shape index (κ1) is 14.0. The van der Waals surface area contributed by atoms with E-state index in [9.17, 15) is 14.4 Å². The standard InChI is InChI=1S/C14H16N2O4/c1-3-10(8-4-6-9(20-2)7-5-8)11-12(17)15-14(19)16-13(11)18/h4-7,10-11H,3H2,1-2H3,(H2,15,16,17,18,19). The Morgan fingerprint density at radius 2 is 1.65 bits per heavy atom. The highest BCUT2D eigenvalue weighted by Gasteiger charge is 2.39. The third-order valence-electron chi connectivity index (χ3n) is 3.42. The van der Waals surface area contributed by atoms with E-state index in [-0.39, 0.29) is 5.92 Å². The van der Waals surface area contributed by atoms with E-state index in [0.717, 1.165) is 5.56 Å². The Labute approximate surface area is 116 Å². The fourth-order valence-corrected chi connectivity index (χ4v) is 2.41. The molecule has 0 aromatic heterocycles. The van der Waals surface area contributed by atoms with E-state index in [1.54, 1.807) is 19.2 Å². The molecule has 0 radical (unpaired) electrons. The number of nitrogens with one attached hydrogen (secondary N) is 2. The largest absolute Gasteiger partial charge is 0.497 e. The zero-order valence-electron chi connectivity index (χ0n) is 11.3. The van der Waals surface area contributed by atoms with Crippen LogP contribution in [-0.4, -0.2) is 25.0 Å². The van der Waals surface area contributed by atoms with Crippen molar-refractivity contribution in [1.29, 1.82) is 0 Å². The number of methoxy groups -OCH3 is 1. The Kier molecular flexibility index (Phi) is 4.02. The topological polar surface area (TPSA) is 84.5 Å². The van der Waals surface area contributed by atoms with Gasteiger partial charge in [-0.2, -0.15) is 0 Å². The minimum Gasteiger partial charge on any atom is -0.497 e.